The minimum Gasteiger partial charge on any atom is -0.335 e. The van der Waals surface area contributed by atoms with Crippen LogP contribution in [0.3, 0.4) is 0 Å². The molecule has 0 heterocycles. The van der Waals surface area contributed by atoms with Gasteiger partial charge in [-0.1, -0.05) is 6.92 Å². The van der Waals surface area contributed by atoms with Crippen molar-refractivity contribution in [2.24, 2.45) is 17.8 Å². The topological polar surface area (TPSA) is 70.2 Å². The first kappa shape index (κ1) is 15.8. The van der Waals surface area contributed by atoms with Crippen molar-refractivity contribution < 1.29 is 9.59 Å². The third-order valence-electron chi connectivity index (χ3n) is 5.90. The molecule has 4 rings (SSSR count). The van der Waals surface area contributed by atoms with Gasteiger partial charge in [0.2, 0.25) is 5.91 Å². The average molecular weight is 307 g/mol. The Morgan fingerprint density at radius 2 is 1.64 bits per heavy atom. The molecule has 0 saturated heterocycles. The molecule has 0 aliphatic heterocycles. The van der Waals surface area contributed by atoms with Crippen LogP contribution in [0.2, 0.25) is 0 Å². The number of carbonyl (C=O) groups excluding carboxylic acids is 2. The Morgan fingerprint density at radius 1 is 1.09 bits per heavy atom. The van der Waals surface area contributed by atoms with Gasteiger partial charge in [0.15, 0.2) is 0 Å². The molecular weight excluding hydrogens is 278 g/mol. The average Bonchev–Trinajstić information content (AvgIpc) is 2.43. The number of amides is 3. The van der Waals surface area contributed by atoms with Gasteiger partial charge in [0, 0.05) is 11.6 Å². The lowest BCUT2D eigenvalue weighted by Gasteiger charge is -2.57. The van der Waals surface area contributed by atoms with E-state index in [1.807, 2.05) is 13.8 Å². The highest BCUT2D eigenvalue weighted by Crippen LogP contribution is 2.55. The third kappa shape index (κ3) is 3.45. The van der Waals surface area contributed by atoms with Crippen LogP contribution in [-0.4, -0.2) is 30.1 Å². The van der Waals surface area contributed by atoms with Crippen molar-refractivity contribution in [3.05, 3.63) is 0 Å². The van der Waals surface area contributed by atoms with E-state index in [1.54, 1.807) is 0 Å². The van der Waals surface area contributed by atoms with Crippen molar-refractivity contribution in [2.45, 2.75) is 70.4 Å². The fraction of sp³-hybridized carbons (Fsp3) is 0.882. The zero-order valence-electron chi connectivity index (χ0n) is 13.8. The van der Waals surface area contributed by atoms with Gasteiger partial charge in [0.1, 0.15) is 0 Å². The highest BCUT2D eigenvalue weighted by atomic mass is 16.2. The van der Waals surface area contributed by atoms with Gasteiger partial charge < -0.3 is 10.6 Å². The molecule has 4 saturated carbocycles. The Morgan fingerprint density at radius 3 is 2.14 bits per heavy atom. The van der Waals surface area contributed by atoms with E-state index in [0.29, 0.717) is 0 Å². The summed E-state index contributed by atoms with van der Waals surface area (Å²) in [7, 11) is 0. The smallest absolute Gasteiger partial charge is 0.321 e. The molecule has 3 N–H and O–H groups in total. The maximum Gasteiger partial charge on any atom is 0.321 e. The number of hydrogen-bond donors (Lipinski definition) is 3. The predicted octanol–water partition coefficient (Wildman–Crippen LogP) is 2.17. The van der Waals surface area contributed by atoms with E-state index in [0.717, 1.165) is 24.2 Å². The predicted molar refractivity (Wildman–Crippen MR) is 85.3 cm³/mol. The van der Waals surface area contributed by atoms with Crippen LogP contribution in [0.15, 0.2) is 0 Å². The Hall–Kier alpha value is -1.10. The van der Waals surface area contributed by atoms with Crippen LogP contribution in [0.4, 0.5) is 4.79 Å². The fourth-order valence-electron chi connectivity index (χ4n) is 5.13. The lowest BCUT2D eigenvalue weighted by Crippen LogP contribution is -2.60. The lowest BCUT2D eigenvalue weighted by atomic mass is 9.53. The van der Waals surface area contributed by atoms with E-state index in [1.165, 1.54) is 38.5 Å². The summed E-state index contributed by atoms with van der Waals surface area (Å²) in [6.45, 7) is 4.18. The number of imide groups is 1. The molecule has 3 amide bonds. The molecule has 5 heteroatoms. The van der Waals surface area contributed by atoms with Gasteiger partial charge in [-0.05, 0) is 69.6 Å². The molecule has 4 bridgehead atoms. The van der Waals surface area contributed by atoms with Crippen LogP contribution < -0.4 is 16.0 Å². The molecule has 0 aromatic rings. The minimum absolute atomic E-state index is 0.0870. The molecular formula is C17H29N3O2. The van der Waals surface area contributed by atoms with Crippen LogP contribution >= 0.6 is 0 Å². The largest absolute Gasteiger partial charge is 0.335 e. The summed E-state index contributed by atoms with van der Waals surface area (Å²) in [6, 6.07) is -0.296. The maximum atomic E-state index is 12.0. The van der Waals surface area contributed by atoms with Crippen molar-refractivity contribution in [3.8, 4) is 0 Å². The summed E-state index contributed by atoms with van der Waals surface area (Å²) in [5, 5.41) is 8.69. The van der Waals surface area contributed by atoms with Gasteiger partial charge in [0.25, 0.3) is 0 Å². The summed E-state index contributed by atoms with van der Waals surface area (Å²) >= 11 is 0. The lowest BCUT2D eigenvalue weighted by molar-refractivity contribution is -0.120. The SMILES string of the molecule is CC[C@@H](C)NC(=O)NC(=O)CNC12CC3CC(CC(C3)C1)C2. The van der Waals surface area contributed by atoms with Crippen molar-refractivity contribution in [1.29, 1.82) is 0 Å². The summed E-state index contributed by atoms with van der Waals surface area (Å²) in [6.07, 6.45) is 8.68. The zero-order chi connectivity index (χ0) is 15.7. The molecule has 0 unspecified atom stereocenters. The van der Waals surface area contributed by atoms with Crippen molar-refractivity contribution >= 4 is 11.9 Å². The summed E-state index contributed by atoms with van der Waals surface area (Å²) in [4.78, 5) is 23.7. The van der Waals surface area contributed by atoms with Crippen LogP contribution in [0.1, 0.15) is 58.8 Å². The standard InChI is InChI=1S/C17H29N3O2/c1-3-11(2)19-16(22)20-15(21)10-18-17-7-12-4-13(8-17)6-14(5-12)9-17/h11-14,18H,3-10H2,1-2H3,(H2,19,20,21,22)/t11-,12?,13?,14?,17?/m1/s1. The molecule has 0 spiro atoms. The van der Waals surface area contributed by atoms with Crippen LogP contribution in [0.25, 0.3) is 0 Å². The van der Waals surface area contributed by atoms with Gasteiger partial charge in [-0.15, -0.1) is 0 Å². The number of hydrogen-bond acceptors (Lipinski definition) is 3. The first-order chi connectivity index (χ1) is 10.5. The molecule has 124 valence electrons. The van der Waals surface area contributed by atoms with E-state index < -0.39 is 0 Å². The second-order valence-electron chi connectivity index (χ2n) is 7.88. The second kappa shape index (κ2) is 6.19. The van der Waals surface area contributed by atoms with E-state index in [-0.39, 0.29) is 30.1 Å². The highest BCUT2D eigenvalue weighted by molar-refractivity contribution is 5.95. The Kier molecular flexibility index (Phi) is 4.44. The van der Waals surface area contributed by atoms with Gasteiger partial charge in [0.05, 0.1) is 6.54 Å². The summed E-state index contributed by atoms with van der Waals surface area (Å²) in [5.74, 6) is 2.35. The van der Waals surface area contributed by atoms with Gasteiger partial charge in [-0.3, -0.25) is 10.1 Å². The zero-order valence-corrected chi connectivity index (χ0v) is 13.8. The second-order valence-corrected chi connectivity index (χ2v) is 7.88. The van der Waals surface area contributed by atoms with E-state index >= 15 is 0 Å². The van der Waals surface area contributed by atoms with Crippen LogP contribution in [0.5, 0.6) is 0 Å². The quantitative estimate of drug-likeness (QED) is 0.729. The van der Waals surface area contributed by atoms with Gasteiger partial charge >= 0.3 is 6.03 Å². The van der Waals surface area contributed by atoms with E-state index in [2.05, 4.69) is 16.0 Å². The molecule has 0 aromatic heterocycles. The van der Waals surface area contributed by atoms with Crippen LogP contribution in [-0.2, 0) is 4.79 Å². The first-order valence-electron chi connectivity index (χ1n) is 8.83. The fourth-order valence-corrected chi connectivity index (χ4v) is 5.13. The van der Waals surface area contributed by atoms with E-state index in [4.69, 9.17) is 0 Å². The number of carbonyl (C=O) groups is 2. The maximum absolute atomic E-state index is 12.0. The Bertz CT molecular complexity index is 414. The monoisotopic (exact) mass is 307 g/mol. The molecule has 0 aromatic carbocycles. The Balaban J connectivity index is 1.46. The summed E-state index contributed by atoms with van der Waals surface area (Å²) < 4.78 is 0. The molecule has 4 fully saturated rings. The van der Waals surface area contributed by atoms with E-state index in [9.17, 15) is 9.59 Å². The molecule has 0 radical (unpaired) electrons. The number of urea groups is 1. The minimum atomic E-state index is -0.383. The molecule has 5 nitrogen and oxygen atoms in total. The van der Waals surface area contributed by atoms with Crippen molar-refractivity contribution in [2.75, 3.05) is 6.54 Å². The number of nitrogens with one attached hydrogen (secondary N) is 3. The Labute approximate surface area is 133 Å². The molecule has 4 aliphatic rings. The molecule has 22 heavy (non-hydrogen) atoms. The van der Waals surface area contributed by atoms with Crippen LogP contribution in [0, 0.1) is 17.8 Å². The molecule has 1 atom stereocenters. The van der Waals surface area contributed by atoms with Gasteiger partial charge in [-0.25, -0.2) is 4.79 Å². The highest BCUT2D eigenvalue weighted by Gasteiger charge is 2.50. The summed E-state index contributed by atoms with van der Waals surface area (Å²) in [5.41, 5.74) is 0.166. The first-order valence-corrected chi connectivity index (χ1v) is 8.83. The van der Waals surface area contributed by atoms with Gasteiger partial charge in [-0.2, -0.15) is 0 Å². The number of rotatable bonds is 5. The van der Waals surface area contributed by atoms with Crippen molar-refractivity contribution in [1.82, 2.24) is 16.0 Å². The normalized spacial score (nSPS) is 36.9. The van der Waals surface area contributed by atoms with Crippen molar-refractivity contribution in [3.63, 3.8) is 0 Å². The molecule has 4 aliphatic carbocycles. The third-order valence-corrected chi connectivity index (χ3v) is 5.90.